The number of benzene rings is 5. The Labute approximate surface area is 199 Å². The highest BCUT2D eigenvalue weighted by molar-refractivity contribution is 7.21. The van der Waals surface area contributed by atoms with Crippen molar-refractivity contribution in [1.82, 2.24) is 9.97 Å². The number of phenols is 1. The quantitative estimate of drug-likeness (QED) is 0.268. The van der Waals surface area contributed by atoms with E-state index in [1.165, 1.54) is 20.9 Å². The topological polar surface area (TPSA) is 46.0 Å². The maximum absolute atomic E-state index is 10.4. The van der Waals surface area contributed by atoms with Crippen LogP contribution in [0.2, 0.25) is 0 Å². The van der Waals surface area contributed by atoms with Gasteiger partial charge in [-0.25, -0.2) is 4.98 Å². The zero-order chi connectivity index (χ0) is 22.6. The van der Waals surface area contributed by atoms with Gasteiger partial charge in [0, 0.05) is 17.1 Å². The van der Waals surface area contributed by atoms with Crippen LogP contribution in [-0.2, 0) is 0 Å². The number of para-hydroxylation sites is 1. The average Bonchev–Trinajstić information content (AvgIpc) is 3.32. The van der Waals surface area contributed by atoms with Crippen molar-refractivity contribution >= 4 is 54.0 Å². The van der Waals surface area contributed by atoms with E-state index in [1.54, 1.807) is 23.6 Å². The van der Waals surface area contributed by atoms with Gasteiger partial charge >= 0.3 is 0 Å². The molecule has 0 aliphatic rings. The second kappa shape index (κ2) is 7.37. The van der Waals surface area contributed by atoms with Crippen LogP contribution in [0.4, 0.5) is 0 Å². The van der Waals surface area contributed by atoms with Gasteiger partial charge in [0.2, 0.25) is 0 Å². The zero-order valence-corrected chi connectivity index (χ0v) is 18.9. The van der Waals surface area contributed by atoms with Gasteiger partial charge in [-0.3, -0.25) is 4.98 Å². The number of hydrogen-bond acceptors (Lipinski definition) is 4. The number of aromatic nitrogens is 2. The van der Waals surface area contributed by atoms with Crippen LogP contribution < -0.4 is 0 Å². The van der Waals surface area contributed by atoms with Crippen LogP contribution in [0.3, 0.4) is 0 Å². The zero-order valence-electron chi connectivity index (χ0n) is 18.1. The van der Waals surface area contributed by atoms with Gasteiger partial charge in [-0.2, -0.15) is 0 Å². The Morgan fingerprint density at radius 1 is 0.676 bits per heavy atom. The van der Waals surface area contributed by atoms with E-state index in [0.29, 0.717) is 5.52 Å². The fourth-order valence-corrected chi connectivity index (χ4v) is 5.83. The van der Waals surface area contributed by atoms with E-state index in [-0.39, 0.29) is 5.75 Å². The molecule has 0 unspecified atom stereocenters. The predicted molar refractivity (Wildman–Crippen MR) is 142 cm³/mol. The van der Waals surface area contributed by atoms with E-state index in [4.69, 9.17) is 4.98 Å². The second-order valence-electron chi connectivity index (χ2n) is 8.43. The summed E-state index contributed by atoms with van der Waals surface area (Å²) >= 11 is 1.72. The molecule has 1 N–H and O–H groups in total. The van der Waals surface area contributed by atoms with Crippen molar-refractivity contribution < 1.29 is 5.11 Å². The smallest absolute Gasteiger partial charge is 0.141 e. The number of rotatable bonds is 2. The molecule has 2 aromatic heterocycles. The van der Waals surface area contributed by atoms with Gasteiger partial charge in [0.25, 0.3) is 0 Å². The van der Waals surface area contributed by atoms with Crippen LogP contribution in [0.25, 0.3) is 64.4 Å². The lowest BCUT2D eigenvalue weighted by Gasteiger charge is -2.15. The third-order valence-electron chi connectivity index (χ3n) is 6.42. The Hall–Kier alpha value is -4.28. The molecule has 0 aliphatic carbocycles. The van der Waals surface area contributed by atoms with Gasteiger partial charge in [0.05, 0.1) is 10.2 Å². The van der Waals surface area contributed by atoms with Gasteiger partial charge in [-0.05, 0) is 75.1 Å². The van der Waals surface area contributed by atoms with Crippen LogP contribution >= 0.6 is 11.3 Å². The third-order valence-corrected chi connectivity index (χ3v) is 7.51. The Kier molecular flexibility index (Phi) is 4.16. The highest BCUT2D eigenvalue weighted by atomic mass is 32.1. The highest BCUT2D eigenvalue weighted by Gasteiger charge is 2.16. The number of thiazole rings is 1. The van der Waals surface area contributed by atoms with Crippen molar-refractivity contribution in [3.05, 3.63) is 103 Å². The minimum Gasteiger partial charge on any atom is -0.506 e. The molecule has 0 bridgehead atoms. The molecule has 0 saturated carbocycles. The van der Waals surface area contributed by atoms with Gasteiger partial charge < -0.3 is 5.11 Å². The molecule has 0 fully saturated rings. The second-order valence-corrected chi connectivity index (χ2v) is 9.46. The van der Waals surface area contributed by atoms with Crippen molar-refractivity contribution in [2.24, 2.45) is 0 Å². The van der Waals surface area contributed by atoms with E-state index in [9.17, 15) is 5.11 Å². The maximum Gasteiger partial charge on any atom is 0.141 e. The molecule has 0 aliphatic heterocycles. The SMILES string of the molecule is Oc1ccc(-c2c3ccccc3cc3cc(-c4nc5ccccc5s4)ccc23)c2cccnc12. The van der Waals surface area contributed by atoms with E-state index in [0.717, 1.165) is 38.0 Å². The Balaban J connectivity index is 1.55. The summed E-state index contributed by atoms with van der Waals surface area (Å²) in [7, 11) is 0. The van der Waals surface area contributed by atoms with Crippen molar-refractivity contribution in [3.8, 4) is 27.4 Å². The van der Waals surface area contributed by atoms with Crippen LogP contribution in [0.5, 0.6) is 5.75 Å². The van der Waals surface area contributed by atoms with Crippen LogP contribution in [0.1, 0.15) is 0 Å². The van der Waals surface area contributed by atoms with Crippen molar-refractivity contribution in [3.63, 3.8) is 0 Å². The molecule has 0 amide bonds. The molecule has 0 radical (unpaired) electrons. The van der Waals surface area contributed by atoms with E-state index < -0.39 is 0 Å². The predicted octanol–water partition coefficient (Wildman–Crippen LogP) is 8.19. The Morgan fingerprint density at radius 3 is 2.44 bits per heavy atom. The summed E-state index contributed by atoms with van der Waals surface area (Å²) in [6.07, 6.45) is 1.72. The first-order valence-corrected chi connectivity index (χ1v) is 12.0. The summed E-state index contributed by atoms with van der Waals surface area (Å²) in [5, 5.41) is 17.1. The van der Waals surface area contributed by atoms with Crippen LogP contribution in [0.15, 0.2) is 103 Å². The molecule has 7 aromatic rings. The summed E-state index contributed by atoms with van der Waals surface area (Å²) in [5.74, 6) is 0.196. The van der Waals surface area contributed by atoms with Crippen LogP contribution in [0, 0.1) is 0 Å². The van der Waals surface area contributed by atoms with Gasteiger partial charge in [0.1, 0.15) is 16.3 Å². The molecule has 0 spiro atoms. The summed E-state index contributed by atoms with van der Waals surface area (Å²) < 4.78 is 1.19. The molecular weight excluding hydrogens is 436 g/mol. The molecule has 0 atom stereocenters. The number of nitrogens with zero attached hydrogens (tertiary/aromatic N) is 2. The molecular formula is C30H18N2OS. The summed E-state index contributed by atoms with van der Waals surface area (Å²) in [5.41, 5.74) is 4.99. The number of fused-ring (bicyclic) bond motifs is 4. The minimum atomic E-state index is 0.196. The lowest BCUT2D eigenvalue weighted by Crippen LogP contribution is -1.89. The molecule has 7 rings (SSSR count). The number of phenolic OH excluding ortho intramolecular Hbond substituents is 1. The monoisotopic (exact) mass is 454 g/mol. The van der Waals surface area contributed by atoms with Gasteiger partial charge in [-0.1, -0.05) is 54.6 Å². The summed E-state index contributed by atoms with van der Waals surface area (Å²) in [6, 6.07) is 33.3. The first-order valence-electron chi connectivity index (χ1n) is 11.1. The first-order chi connectivity index (χ1) is 16.8. The molecule has 160 valence electrons. The van der Waals surface area contributed by atoms with E-state index in [1.807, 2.05) is 24.3 Å². The highest BCUT2D eigenvalue weighted by Crippen LogP contribution is 2.42. The van der Waals surface area contributed by atoms with Crippen LogP contribution in [-0.4, -0.2) is 15.1 Å². The fraction of sp³-hybridized carbons (Fsp3) is 0. The van der Waals surface area contributed by atoms with Gasteiger partial charge in [-0.15, -0.1) is 11.3 Å². The van der Waals surface area contributed by atoms with E-state index in [2.05, 4.69) is 71.7 Å². The molecule has 0 saturated heterocycles. The number of aromatic hydroxyl groups is 1. The molecule has 5 aromatic carbocycles. The Morgan fingerprint density at radius 2 is 1.50 bits per heavy atom. The number of pyridine rings is 1. The molecule has 2 heterocycles. The Bertz CT molecular complexity index is 1850. The summed E-state index contributed by atoms with van der Waals surface area (Å²) in [6.45, 7) is 0. The minimum absolute atomic E-state index is 0.196. The standard InChI is InChI=1S/C30H18N2OS/c33-26-14-13-23(24-8-5-15-31-29(24)26)28-21-7-2-1-6-18(21)16-20-17-19(11-12-22(20)28)30-32-25-9-3-4-10-27(25)34-30/h1-17,33H. The first kappa shape index (κ1) is 19.2. The fourth-order valence-electron chi connectivity index (χ4n) is 4.87. The van der Waals surface area contributed by atoms with Crippen molar-refractivity contribution in [1.29, 1.82) is 0 Å². The third kappa shape index (κ3) is 2.89. The summed E-state index contributed by atoms with van der Waals surface area (Å²) in [4.78, 5) is 9.31. The van der Waals surface area contributed by atoms with Crippen molar-refractivity contribution in [2.45, 2.75) is 0 Å². The maximum atomic E-state index is 10.4. The molecule has 4 heteroatoms. The average molecular weight is 455 g/mol. The largest absolute Gasteiger partial charge is 0.506 e. The normalized spacial score (nSPS) is 11.6. The van der Waals surface area contributed by atoms with E-state index >= 15 is 0 Å². The number of hydrogen-bond donors (Lipinski definition) is 1. The lowest BCUT2D eigenvalue weighted by atomic mass is 9.89. The molecule has 34 heavy (non-hydrogen) atoms. The lowest BCUT2D eigenvalue weighted by molar-refractivity contribution is 0.480. The molecule has 3 nitrogen and oxygen atoms in total. The van der Waals surface area contributed by atoms with Gasteiger partial charge in [0.15, 0.2) is 0 Å². The van der Waals surface area contributed by atoms with Crippen molar-refractivity contribution in [2.75, 3.05) is 0 Å².